The summed E-state index contributed by atoms with van der Waals surface area (Å²) in [6, 6.07) is 0. The molecule has 0 saturated heterocycles. The fourth-order valence-electron chi connectivity index (χ4n) is 0.803. The molecule has 5 heteroatoms. The zero-order valence-electron chi connectivity index (χ0n) is 8.21. The average Bonchev–Trinajstić information content (AvgIpc) is 1.83. The van der Waals surface area contributed by atoms with Crippen LogP contribution in [-0.4, -0.2) is 28.0 Å². The molecule has 0 amide bonds. The first-order valence-electron chi connectivity index (χ1n) is 3.82. The fraction of sp³-hybridized carbons (Fsp3) is 0.857. The van der Waals surface area contributed by atoms with Crippen LogP contribution in [0.4, 0.5) is 0 Å². The molecule has 0 N–H and O–H groups in total. The highest BCUT2D eigenvalue weighted by Crippen LogP contribution is 2.10. The van der Waals surface area contributed by atoms with Crippen molar-refractivity contribution in [3.05, 3.63) is 0 Å². The third-order valence-corrected chi connectivity index (χ3v) is 3.45. The predicted molar refractivity (Wildman–Crippen MR) is 46.6 cm³/mol. The van der Waals surface area contributed by atoms with E-state index in [2.05, 4.69) is 0 Å². The summed E-state index contributed by atoms with van der Waals surface area (Å²) >= 11 is 0. The first-order chi connectivity index (χ1) is 5.39. The lowest BCUT2D eigenvalue weighted by Crippen LogP contribution is -2.44. The van der Waals surface area contributed by atoms with Crippen molar-refractivity contribution in [2.24, 2.45) is 0 Å². The lowest BCUT2D eigenvalue weighted by atomic mass is 10.5. The van der Waals surface area contributed by atoms with E-state index in [1.54, 1.807) is 6.55 Å². The van der Waals surface area contributed by atoms with Gasteiger partial charge < -0.3 is 13.3 Å². The minimum absolute atomic E-state index is 0.000895. The summed E-state index contributed by atoms with van der Waals surface area (Å²) in [4.78, 5) is 10.7. The van der Waals surface area contributed by atoms with Crippen molar-refractivity contribution in [1.29, 1.82) is 0 Å². The summed E-state index contributed by atoms with van der Waals surface area (Å²) in [6.07, 6.45) is 0.000895. The van der Waals surface area contributed by atoms with Crippen molar-refractivity contribution in [1.82, 2.24) is 0 Å². The maximum absolute atomic E-state index is 10.7. The summed E-state index contributed by atoms with van der Waals surface area (Å²) in [5, 5.41) is 0. The number of carbonyl (C=O) groups excluding carboxylic acids is 1. The Hall–Kier alpha value is -0.393. The summed E-state index contributed by atoms with van der Waals surface area (Å²) in [5.74, 6) is -0.369. The molecule has 12 heavy (non-hydrogen) atoms. The van der Waals surface area contributed by atoms with Crippen LogP contribution < -0.4 is 0 Å². The molecule has 0 fully saturated rings. The molecular formula is C7H16O4Si. The van der Waals surface area contributed by atoms with Crippen LogP contribution in [0.5, 0.6) is 0 Å². The van der Waals surface area contributed by atoms with Gasteiger partial charge in [-0.25, -0.2) is 0 Å². The van der Waals surface area contributed by atoms with Gasteiger partial charge >= 0.3 is 8.80 Å². The van der Waals surface area contributed by atoms with Crippen LogP contribution in [-0.2, 0) is 18.1 Å². The molecule has 1 unspecified atom stereocenters. The van der Waals surface area contributed by atoms with Crippen molar-refractivity contribution in [3.63, 3.8) is 0 Å². The summed E-state index contributed by atoms with van der Waals surface area (Å²) in [7, 11) is -1.22. The minimum Gasteiger partial charge on any atom is -0.474 e. The van der Waals surface area contributed by atoms with Gasteiger partial charge in [0.05, 0.1) is 0 Å². The van der Waals surface area contributed by atoms with Gasteiger partial charge in [-0.1, -0.05) is 0 Å². The van der Waals surface area contributed by atoms with Crippen LogP contribution >= 0.6 is 0 Å². The van der Waals surface area contributed by atoms with E-state index >= 15 is 0 Å². The van der Waals surface area contributed by atoms with Crippen molar-refractivity contribution in [2.45, 2.75) is 33.4 Å². The Morgan fingerprint density at radius 2 is 1.92 bits per heavy atom. The molecule has 0 aliphatic carbocycles. The van der Waals surface area contributed by atoms with Gasteiger partial charge in [-0.15, -0.1) is 0 Å². The molecule has 0 bridgehead atoms. The minimum atomic E-state index is -2.70. The molecule has 0 radical (unpaired) electrons. The molecule has 0 saturated carbocycles. The van der Waals surface area contributed by atoms with E-state index in [0.29, 0.717) is 0 Å². The van der Waals surface area contributed by atoms with Crippen LogP contribution in [0.15, 0.2) is 0 Å². The van der Waals surface area contributed by atoms with Crippen LogP contribution in [0.25, 0.3) is 0 Å². The van der Waals surface area contributed by atoms with E-state index in [0.717, 1.165) is 0 Å². The Balaban J connectivity index is 4.13. The van der Waals surface area contributed by atoms with Gasteiger partial charge in [-0.05, 0) is 13.8 Å². The van der Waals surface area contributed by atoms with Crippen molar-refractivity contribution in [2.75, 3.05) is 7.11 Å². The maximum atomic E-state index is 10.7. The maximum Gasteiger partial charge on any atom is 0.564 e. The molecule has 0 spiro atoms. The van der Waals surface area contributed by atoms with E-state index in [9.17, 15) is 4.79 Å². The fourth-order valence-corrected chi connectivity index (χ4v) is 2.41. The second-order valence-electron chi connectivity index (χ2n) is 2.83. The van der Waals surface area contributed by atoms with Gasteiger partial charge in [-0.3, -0.25) is 4.79 Å². The van der Waals surface area contributed by atoms with Crippen molar-refractivity contribution in [3.8, 4) is 0 Å². The highest BCUT2D eigenvalue weighted by molar-refractivity contribution is 6.60. The Kier molecular flexibility index (Phi) is 4.44. The van der Waals surface area contributed by atoms with E-state index < -0.39 is 8.80 Å². The number of rotatable bonds is 4. The van der Waals surface area contributed by atoms with Crippen LogP contribution in [0.2, 0.25) is 6.55 Å². The average molecular weight is 192 g/mol. The molecule has 0 aromatic rings. The second-order valence-corrected chi connectivity index (χ2v) is 5.40. The van der Waals surface area contributed by atoms with Crippen molar-refractivity contribution >= 4 is 14.8 Å². The highest BCUT2D eigenvalue weighted by Gasteiger charge is 2.37. The third-order valence-electron chi connectivity index (χ3n) is 1.15. The Bertz CT molecular complexity index is 159. The first kappa shape index (κ1) is 11.6. The zero-order chi connectivity index (χ0) is 9.78. The van der Waals surface area contributed by atoms with Gasteiger partial charge in [0, 0.05) is 26.7 Å². The summed E-state index contributed by atoms with van der Waals surface area (Å²) in [6.45, 7) is 6.77. The Labute approximate surface area is 74.2 Å². The predicted octanol–water partition coefficient (Wildman–Crippen LogP) is 1.19. The second kappa shape index (κ2) is 4.59. The molecule has 0 aromatic carbocycles. The van der Waals surface area contributed by atoms with Crippen LogP contribution in [0, 0.1) is 0 Å². The van der Waals surface area contributed by atoms with Gasteiger partial charge in [0.1, 0.15) is 0 Å². The first-order valence-corrected chi connectivity index (χ1v) is 6.04. The monoisotopic (exact) mass is 192 g/mol. The lowest BCUT2D eigenvalue weighted by molar-refractivity contribution is -0.136. The van der Waals surface area contributed by atoms with Gasteiger partial charge in [-0.2, -0.15) is 0 Å². The van der Waals surface area contributed by atoms with E-state index in [1.807, 2.05) is 13.8 Å². The lowest BCUT2D eigenvalue weighted by Gasteiger charge is -2.24. The zero-order valence-corrected chi connectivity index (χ0v) is 9.21. The van der Waals surface area contributed by atoms with Gasteiger partial charge in [0.2, 0.25) is 0 Å². The van der Waals surface area contributed by atoms with Crippen molar-refractivity contribution < 1.29 is 18.1 Å². The molecule has 4 nitrogen and oxygen atoms in total. The number of hydrogen-bond acceptors (Lipinski definition) is 4. The topological polar surface area (TPSA) is 44.8 Å². The van der Waals surface area contributed by atoms with E-state index in [-0.39, 0.29) is 12.1 Å². The summed E-state index contributed by atoms with van der Waals surface area (Å²) < 4.78 is 15.4. The molecular weight excluding hydrogens is 176 g/mol. The van der Waals surface area contributed by atoms with E-state index in [4.69, 9.17) is 13.3 Å². The molecule has 0 aliphatic rings. The molecule has 1 atom stereocenters. The van der Waals surface area contributed by atoms with E-state index in [1.165, 1.54) is 14.0 Å². The van der Waals surface area contributed by atoms with Gasteiger partial charge in [0.25, 0.3) is 5.97 Å². The number of hydrogen-bond donors (Lipinski definition) is 0. The molecule has 72 valence electrons. The molecule has 0 aliphatic heterocycles. The largest absolute Gasteiger partial charge is 0.564 e. The Morgan fingerprint density at radius 1 is 1.42 bits per heavy atom. The molecule has 0 rings (SSSR count). The van der Waals surface area contributed by atoms with Gasteiger partial charge in [0.15, 0.2) is 0 Å². The Morgan fingerprint density at radius 3 is 2.17 bits per heavy atom. The normalized spacial score (nSPS) is 15.8. The SMILES string of the molecule is CO[Si](C)(OC(C)=O)OC(C)C. The standard InChI is InChI=1S/C7H16O4Si/c1-6(2)10-12(5,9-4)11-7(3)8/h6H,1-5H3. The highest BCUT2D eigenvalue weighted by atomic mass is 28.4. The number of carbonyl (C=O) groups is 1. The smallest absolute Gasteiger partial charge is 0.474 e. The third kappa shape index (κ3) is 4.48. The summed E-state index contributed by atoms with van der Waals surface area (Å²) in [5.41, 5.74) is 0. The molecule has 0 aromatic heterocycles. The van der Waals surface area contributed by atoms with Crippen LogP contribution in [0.1, 0.15) is 20.8 Å². The quantitative estimate of drug-likeness (QED) is 0.628. The molecule has 0 heterocycles. The van der Waals surface area contributed by atoms with Crippen LogP contribution in [0.3, 0.4) is 0 Å².